The van der Waals surface area contributed by atoms with Crippen LogP contribution in [0.4, 0.5) is 0 Å². The summed E-state index contributed by atoms with van der Waals surface area (Å²) in [6.45, 7) is 7.47. The first-order chi connectivity index (χ1) is 10.1. The Morgan fingerprint density at radius 2 is 1.81 bits per heavy atom. The quantitative estimate of drug-likeness (QED) is 0.857. The van der Waals surface area contributed by atoms with Gasteiger partial charge in [0.05, 0.1) is 7.11 Å². The summed E-state index contributed by atoms with van der Waals surface area (Å²) in [5.41, 5.74) is 5.30. The summed E-state index contributed by atoms with van der Waals surface area (Å²) < 4.78 is 5.39. The molecule has 0 aliphatic heterocycles. The second kappa shape index (κ2) is 7.28. The van der Waals surface area contributed by atoms with Crippen molar-refractivity contribution in [1.29, 1.82) is 0 Å². The molecule has 2 aromatic carbocycles. The number of rotatable bonds is 6. The van der Waals surface area contributed by atoms with E-state index in [1.165, 1.54) is 22.3 Å². The predicted molar refractivity (Wildman–Crippen MR) is 89.0 cm³/mol. The summed E-state index contributed by atoms with van der Waals surface area (Å²) in [6, 6.07) is 15.3. The van der Waals surface area contributed by atoms with Crippen molar-refractivity contribution >= 4 is 0 Å². The summed E-state index contributed by atoms with van der Waals surface area (Å²) >= 11 is 0. The molecule has 0 aliphatic rings. The Kier molecular flexibility index (Phi) is 5.40. The van der Waals surface area contributed by atoms with Gasteiger partial charge >= 0.3 is 0 Å². The summed E-state index contributed by atoms with van der Waals surface area (Å²) in [5, 5.41) is 3.59. The molecule has 0 bridgehead atoms. The molecule has 0 amide bonds. The van der Waals surface area contributed by atoms with Gasteiger partial charge in [-0.1, -0.05) is 36.4 Å². The molecule has 2 heteroatoms. The maximum absolute atomic E-state index is 5.39. The number of hydrogen-bond donors (Lipinski definition) is 1. The molecule has 2 rings (SSSR count). The number of hydrogen-bond acceptors (Lipinski definition) is 2. The van der Waals surface area contributed by atoms with Crippen molar-refractivity contribution < 1.29 is 4.74 Å². The van der Waals surface area contributed by atoms with Gasteiger partial charge in [0, 0.05) is 6.04 Å². The molecule has 1 N–H and O–H groups in total. The normalized spacial score (nSPS) is 12.2. The third-order valence-corrected chi connectivity index (χ3v) is 4.07. The third-order valence-electron chi connectivity index (χ3n) is 4.07. The van der Waals surface area contributed by atoms with Crippen molar-refractivity contribution in [2.75, 3.05) is 13.7 Å². The highest BCUT2D eigenvalue weighted by Crippen LogP contribution is 2.19. The zero-order valence-corrected chi connectivity index (χ0v) is 13.4. The summed E-state index contributed by atoms with van der Waals surface area (Å²) in [4.78, 5) is 0. The van der Waals surface area contributed by atoms with Crippen LogP contribution in [0.15, 0.2) is 42.5 Å². The van der Waals surface area contributed by atoms with Gasteiger partial charge in [-0.15, -0.1) is 0 Å². The van der Waals surface area contributed by atoms with Crippen LogP contribution in [0, 0.1) is 13.8 Å². The SMILES string of the molecule is COc1ccccc1CCNC(C)c1ccc(C)c(C)c1. The first-order valence-electron chi connectivity index (χ1n) is 7.54. The number of ether oxygens (including phenoxy) is 1. The average molecular weight is 283 g/mol. The molecule has 0 aliphatic carbocycles. The molecular weight excluding hydrogens is 258 g/mol. The van der Waals surface area contributed by atoms with E-state index in [1.54, 1.807) is 7.11 Å². The van der Waals surface area contributed by atoms with Gasteiger partial charge in [-0.3, -0.25) is 0 Å². The van der Waals surface area contributed by atoms with Crippen molar-refractivity contribution in [3.05, 3.63) is 64.7 Å². The van der Waals surface area contributed by atoms with E-state index < -0.39 is 0 Å². The predicted octanol–water partition coefficient (Wildman–Crippen LogP) is 4.21. The van der Waals surface area contributed by atoms with Crippen molar-refractivity contribution in [1.82, 2.24) is 5.32 Å². The van der Waals surface area contributed by atoms with Gasteiger partial charge in [0.1, 0.15) is 5.75 Å². The number of methoxy groups -OCH3 is 1. The minimum Gasteiger partial charge on any atom is -0.496 e. The Morgan fingerprint density at radius 1 is 1.05 bits per heavy atom. The van der Waals surface area contributed by atoms with Crippen LogP contribution < -0.4 is 10.1 Å². The summed E-state index contributed by atoms with van der Waals surface area (Å²) in [5.74, 6) is 0.970. The second-order valence-corrected chi connectivity index (χ2v) is 5.58. The maximum atomic E-state index is 5.39. The molecule has 0 heterocycles. The van der Waals surface area contributed by atoms with E-state index in [0.29, 0.717) is 6.04 Å². The molecule has 0 radical (unpaired) electrons. The van der Waals surface area contributed by atoms with Crippen LogP contribution in [0.3, 0.4) is 0 Å². The Morgan fingerprint density at radius 3 is 2.52 bits per heavy atom. The molecule has 2 nitrogen and oxygen atoms in total. The molecule has 0 saturated carbocycles. The largest absolute Gasteiger partial charge is 0.496 e. The zero-order valence-electron chi connectivity index (χ0n) is 13.4. The van der Waals surface area contributed by atoms with Crippen molar-refractivity contribution in [2.24, 2.45) is 0 Å². The lowest BCUT2D eigenvalue weighted by Crippen LogP contribution is -2.21. The highest BCUT2D eigenvalue weighted by Gasteiger charge is 2.07. The lowest BCUT2D eigenvalue weighted by molar-refractivity contribution is 0.408. The first-order valence-corrected chi connectivity index (χ1v) is 7.54. The highest BCUT2D eigenvalue weighted by atomic mass is 16.5. The van der Waals surface area contributed by atoms with E-state index in [1.807, 2.05) is 12.1 Å². The minimum atomic E-state index is 0.360. The fraction of sp³-hybridized carbons (Fsp3) is 0.368. The van der Waals surface area contributed by atoms with Gasteiger partial charge in [0.25, 0.3) is 0 Å². The monoisotopic (exact) mass is 283 g/mol. The van der Waals surface area contributed by atoms with E-state index in [4.69, 9.17) is 4.74 Å². The van der Waals surface area contributed by atoms with Crippen LogP contribution in [-0.2, 0) is 6.42 Å². The van der Waals surface area contributed by atoms with Gasteiger partial charge in [-0.05, 0) is 62.1 Å². The second-order valence-electron chi connectivity index (χ2n) is 5.58. The van der Waals surface area contributed by atoms with Gasteiger partial charge in [-0.2, -0.15) is 0 Å². The third kappa shape index (κ3) is 4.08. The fourth-order valence-electron chi connectivity index (χ4n) is 2.48. The van der Waals surface area contributed by atoms with Gasteiger partial charge in [-0.25, -0.2) is 0 Å². The lowest BCUT2D eigenvalue weighted by atomic mass is 10.0. The van der Waals surface area contributed by atoms with Crippen LogP contribution in [0.2, 0.25) is 0 Å². The number of nitrogens with one attached hydrogen (secondary N) is 1. The van der Waals surface area contributed by atoms with Crippen LogP contribution in [0.1, 0.15) is 35.2 Å². The zero-order chi connectivity index (χ0) is 15.2. The van der Waals surface area contributed by atoms with Crippen LogP contribution in [0.25, 0.3) is 0 Å². The molecule has 1 unspecified atom stereocenters. The molecule has 0 fully saturated rings. The van der Waals surface area contributed by atoms with Crippen molar-refractivity contribution in [3.63, 3.8) is 0 Å². The minimum absolute atomic E-state index is 0.360. The van der Waals surface area contributed by atoms with E-state index in [-0.39, 0.29) is 0 Å². The topological polar surface area (TPSA) is 21.3 Å². The summed E-state index contributed by atoms with van der Waals surface area (Å²) in [7, 11) is 1.73. The van der Waals surface area contributed by atoms with Crippen LogP contribution >= 0.6 is 0 Å². The van der Waals surface area contributed by atoms with Gasteiger partial charge < -0.3 is 10.1 Å². The molecule has 0 aromatic heterocycles. The maximum Gasteiger partial charge on any atom is 0.122 e. The average Bonchev–Trinajstić information content (AvgIpc) is 2.50. The molecule has 0 spiro atoms. The van der Waals surface area contributed by atoms with E-state index in [0.717, 1.165) is 18.7 Å². The molecule has 112 valence electrons. The molecule has 1 atom stereocenters. The van der Waals surface area contributed by atoms with Crippen LogP contribution in [-0.4, -0.2) is 13.7 Å². The number of aryl methyl sites for hydroxylation is 2. The molecular formula is C19H25NO. The van der Waals surface area contributed by atoms with Crippen LogP contribution in [0.5, 0.6) is 5.75 Å². The van der Waals surface area contributed by atoms with Crippen molar-refractivity contribution in [2.45, 2.75) is 33.2 Å². The Labute approximate surface area is 128 Å². The Bertz CT molecular complexity index is 592. The first kappa shape index (κ1) is 15.6. The highest BCUT2D eigenvalue weighted by molar-refractivity contribution is 5.34. The van der Waals surface area contributed by atoms with E-state index >= 15 is 0 Å². The summed E-state index contributed by atoms with van der Waals surface area (Å²) in [6.07, 6.45) is 0.971. The Balaban J connectivity index is 1.92. The van der Waals surface area contributed by atoms with E-state index in [9.17, 15) is 0 Å². The van der Waals surface area contributed by atoms with Gasteiger partial charge in [0.15, 0.2) is 0 Å². The molecule has 21 heavy (non-hydrogen) atoms. The number of benzene rings is 2. The standard InChI is InChI=1S/C19H25NO/c1-14-9-10-18(13-15(14)2)16(3)20-12-11-17-7-5-6-8-19(17)21-4/h5-10,13,16,20H,11-12H2,1-4H3. The molecule has 2 aromatic rings. The Hall–Kier alpha value is -1.80. The van der Waals surface area contributed by atoms with E-state index in [2.05, 4.69) is 56.4 Å². The smallest absolute Gasteiger partial charge is 0.122 e. The number of para-hydroxylation sites is 1. The van der Waals surface area contributed by atoms with Gasteiger partial charge in [0.2, 0.25) is 0 Å². The lowest BCUT2D eigenvalue weighted by Gasteiger charge is -2.16. The van der Waals surface area contributed by atoms with Crippen molar-refractivity contribution in [3.8, 4) is 5.75 Å². The fourth-order valence-corrected chi connectivity index (χ4v) is 2.48. The molecule has 0 saturated heterocycles.